The molecule has 29 heavy (non-hydrogen) atoms. The van der Waals surface area contributed by atoms with Gasteiger partial charge in [-0.2, -0.15) is 0 Å². The average Bonchev–Trinajstić information content (AvgIpc) is 2.83. The van der Waals surface area contributed by atoms with Crippen molar-refractivity contribution in [2.24, 2.45) is 11.8 Å². The van der Waals surface area contributed by atoms with Crippen LogP contribution in [0.4, 0.5) is 8.78 Å². The molecule has 8 heteroatoms. The highest BCUT2D eigenvalue weighted by molar-refractivity contribution is 6.74. The molecule has 1 fully saturated rings. The second-order valence-corrected chi connectivity index (χ2v) is 14.5. The van der Waals surface area contributed by atoms with E-state index >= 15 is 0 Å². The van der Waals surface area contributed by atoms with E-state index in [4.69, 9.17) is 4.43 Å². The Morgan fingerprint density at radius 3 is 2.38 bits per heavy atom. The Bertz CT molecular complexity index is 574. The smallest absolute Gasteiger partial charge is 0.303 e. The van der Waals surface area contributed by atoms with Crippen LogP contribution in [-0.4, -0.2) is 53.8 Å². The molecule has 170 valence electrons. The Labute approximate surface area is 174 Å². The maximum atomic E-state index is 14.0. The van der Waals surface area contributed by atoms with Crippen molar-refractivity contribution in [2.45, 2.75) is 102 Å². The van der Waals surface area contributed by atoms with Gasteiger partial charge in [-0.3, -0.25) is 4.79 Å². The Morgan fingerprint density at radius 2 is 1.90 bits per heavy atom. The number of aliphatic hydroxyl groups is 2. The van der Waals surface area contributed by atoms with Crippen LogP contribution >= 0.6 is 0 Å². The minimum Gasteiger partial charge on any atom is -0.481 e. The van der Waals surface area contributed by atoms with Gasteiger partial charge in [-0.05, 0) is 31.0 Å². The normalized spacial score (nSPS) is 27.5. The molecular formula is C21H38F2O5Si. The van der Waals surface area contributed by atoms with Gasteiger partial charge in [0.2, 0.25) is 0 Å². The second-order valence-electron chi connectivity index (χ2n) is 9.75. The van der Waals surface area contributed by atoms with Gasteiger partial charge in [-0.1, -0.05) is 46.3 Å². The SMILES string of the molecule is CCCCC(F)(F)[C@@H](O)C=C[C@H]1[C@@H](CC(=O)O)[C@H](O[Si](C)(C)C(C)(C)C)C[C@@H]1O. The molecule has 0 aromatic rings. The fraction of sp³-hybridized carbons (Fsp3) is 0.857. The van der Waals surface area contributed by atoms with Crippen LogP contribution < -0.4 is 0 Å². The van der Waals surface area contributed by atoms with Crippen LogP contribution in [0.15, 0.2) is 12.2 Å². The van der Waals surface area contributed by atoms with Crippen molar-refractivity contribution < 1.29 is 33.3 Å². The molecule has 1 rings (SSSR count). The van der Waals surface area contributed by atoms with Gasteiger partial charge in [0.15, 0.2) is 8.32 Å². The highest BCUT2D eigenvalue weighted by Crippen LogP contribution is 2.44. The largest absolute Gasteiger partial charge is 0.481 e. The molecule has 3 N–H and O–H groups in total. The predicted octanol–water partition coefficient (Wildman–Crippen LogP) is 4.59. The number of carbonyl (C=O) groups is 1. The van der Waals surface area contributed by atoms with Crippen LogP contribution in [-0.2, 0) is 9.22 Å². The molecule has 0 saturated heterocycles. The van der Waals surface area contributed by atoms with Crippen LogP contribution in [0.25, 0.3) is 0 Å². The molecule has 1 aliphatic carbocycles. The van der Waals surface area contributed by atoms with Crippen molar-refractivity contribution in [1.29, 1.82) is 0 Å². The Kier molecular flexibility index (Phi) is 9.02. The zero-order valence-electron chi connectivity index (χ0n) is 18.5. The number of rotatable bonds is 10. The standard InChI is InChI=1S/C21H38F2O5Si/c1-7-8-11-21(22,23)18(25)10-9-14-15(12-19(26)27)17(13-16(14)24)28-29(5,6)20(2,3)4/h9-10,14-18,24-25H,7-8,11-13H2,1-6H3,(H,26,27)/t14-,15+,16-,17+,18-/m0/s1. The maximum absolute atomic E-state index is 14.0. The number of hydrogen-bond donors (Lipinski definition) is 3. The van der Waals surface area contributed by atoms with E-state index in [1.165, 1.54) is 6.08 Å². The summed E-state index contributed by atoms with van der Waals surface area (Å²) in [6, 6.07) is 0. The third-order valence-corrected chi connectivity index (χ3v) is 10.9. The molecule has 5 atom stereocenters. The van der Waals surface area contributed by atoms with Gasteiger partial charge in [0.1, 0.15) is 6.10 Å². The monoisotopic (exact) mass is 436 g/mol. The summed E-state index contributed by atoms with van der Waals surface area (Å²) in [6.07, 6.45) is -0.462. The van der Waals surface area contributed by atoms with E-state index < -0.39 is 56.8 Å². The molecule has 0 spiro atoms. The topological polar surface area (TPSA) is 87.0 Å². The maximum Gasteiger partial charge on any atom is 0.303 e. The molecule has 0 aromatic carbocycles. The van der Waals surface area contributed by atoms with E-state index in [9.17, 15) is 28.9 Å². The van der Waals surface area contributed by atoms with Crippen LogP contribution in [0.3, 0.4) is 0 Å². The first-order chi connectivity index (χ1) is 13.1. The van der Waals surface area contributed by atoms with Crippen LogP contribution in [0.2, 0.25) is 18.1 Å². The molecule has 0 unspecified atom stereocenters. The van der Waals surface area contributed by atoms with E-state index in [2.05, 4.69) is 33.9 Å². The van der Waals surface area contributed by atoms with E-state index in [1.807, 2.05) is 0 Å². The number of aliphatic hydroxyl groups excluding tert-OH is 2. The lowest BCUT2D eigenvalue weighted by atomic mass is 9.89. The Hall–Kier alpha value is -0.833. The van der Waals surface area contributed by atoms with Gasteiger partial charge in [-0.15, -0.1) is 0 Å². The summed E-state index contributed by atoms with van der Waals surface area (Å²) in [6.45, 7) is 12.1. The van der Waals surface area contributed by atoms with Crippen molar-refractivity contribution in [1.82, 2.24) is 0 Å². The van der Waals surface area contributed by atoms with Crippen LogP contribution in [0, 0.1) is 11.8 Å². The summed E-state index contributed by atoms with van der Waals surface area (Å²) in [5.41, 5.74) is 0. The van der Waals surface area contributed by atoms with E-state index in [0.717, 1.165) is 6.08 Å². The molecule has 5 nitrogen and oxygen atoms in total. The number of halogens is 2. The Morgan fingerprint density at radius 1 is 1.31 bits per heavy atom. The third-order valence-electron chi connectivity index (χ3n) is 6.36. The van der Waals surface area contributed by atoms with Gasteiger partial charge in [0.05, 0.1) is 18.6 Å². The first-order valence-electron chi connectivity index (χ1n) is 10.4. The van der Waals surface area contributed by atoms with Gasteiger partial charge in [0, 0.05) is 18.3 Å². The Balaban J connectivity index is 3.02. The van der Waals surface area contributed by atoms with Gasteiger partial charge in [0.25, 0.3) is 5.92 Å². The van der Waals surface area contributed by atoms with E-state index in [0.29, 0.717) is 12.8 Å². The van der Waals surface area contributed by atoms with Crippen molar-refractivity contribution in [2.75, 3.05) is 0 Å². The average molecular weight is 437 g/mol. The minimum absolute atomic E-state index is 0.0861. The van der Waals surface area contributed by atoms with Gasteiger partial charge < -0.3 is 19.7 Å². The summed E-state index contributed by atoms with van der Waals surface area (Å²) >= 11 is 0. The number of carboxylic acids is 1. The summed E-state index contributed by atoms with van der Waals surface area (Å²) in [5.74, 6) is -5.47. The van der Waals surface area contributed by atoms with Crippen LogP contribution in [0.5, 0.6) is 0 Å². The lowest BCUT2D eigenvalue weighted by Crippen LogP contribution is -2.45. The molecule has 0 radical (unpaired) electrons. The molecule has 0 aromatic heterocycles. The minimum atomic E-state index is -3.25. The van der Waals surface area contributed by atoms with Gasteiger partial charge >= 0.3 is 5.97 Å². The molecule has 1 aliphatic rings. The van der Waals surface area contributed by atoms with Crippen molar-refractivity contribution >= 4 is 14.3 Å². The number of carboxylic acid groups (broad SMARTS) is 1. The number of hydrogen-bond acceptors (Lipinski definition) is 4. The molecule has 1 saturated carbocycles. The lowest BCUT2D eigenvalue weighted by molar-refractivity contribution is -0.139. The van der Waals surface area contributed by atoms with Gasteiger partial charge in [-0.25, -0.2) is 8.78 Å². The molecular weight excluding hydrogens is 398 g/mol. The van der Waals surface area contributed by atoms with Crippen molar-refractivity contribution in [3.05, 3.63) is 12.2 Å². The van der Waals surface area contributed by atoms with E-state index in [-0.39, 0.29) is 17.9 Å². The molecule has 0 heterocycles. The number of alkyl halides is 2. The molecule has 0 bridgehead atoms. The number of unbranched alkanes of at least 4 members (excludes halogenated alkanes) is 1. The first-order valence-corrected chi connectivity index (χ1v) is 13.3. The fourth-order valence-corrected chi connectivity index (χ4v) is 4.85. The summed E-state index contributed by atoms with van der Waals surface area (Å²) in [7, 11) is -2.21. The van der Waals surface area contributed by atoms with E-state index in [1.54, 1.807) is 6.92 Å². The van der Waals surface area contributed by atoms with Crippen LogP contribution in [0.1, 0.15) is 59.8 Å². The first kappa shape index (κ1) is 26.2. The number of aliphatic carboxylic acids is 1. The summed E-state index contributed by atoms with van der Waals surface area (Å²) < 4.78 is 34.4. The molecule has 0 aliphatic heterocycles. The fourth-order valence-electron chi connectivity index (χ4n) is 3.47. The highest BCUT2D eigenvalue weighted by atomic mass is 28.4. The molecule has 0 amide bonds. The van der Waals surface area contributed by atoms with Crippen molar-refractivity contribution in [3.63, 3.8) is 0 Å². The quantitative estimate of drug-likeness (QED) is 0.344. The highest BCUT2D eigenvalue weighted by Gasteiger charge is 2.48. The zero-order chi connectivity index (χ0) is 22.6. The second kappa shape index (κ2) is 9.98. The summed E-state index contributed by atoms with van der Waals surface area (Å²) in [5, 5.41) is 29.7. The predicted molar refractivity (Wildman–Crippen MR) is 112 cm³/mol. The third kappa shape index (κ3) is 7.12. The lowest BCUT2D eigenvalue weighted by Gasteiger charge is -2.40. The van der Waals surface area contributed by atoms with Crippen molar-refractivity contribution in [3.8, 4) is 0 Å². The zero-order valence-corrected chi connectivity index (χ0v) is 19.5. The summed E-state index contributed by atoms with van der Waals surface area (Å²) in [4.78, 5) is 11.4.